The number of benzene rings is 3. The van der Waals surface area contributed by atoms with Crippen molar-refractivity contribution >= 4 is 29.6 Å². The third kappa shape index (κ3) is 4.59. The van der Waals surface area contributed by atoms with E-state index in [-0.39, 0.29) is 17.5 Å². The summed E-state index contributed by atoms with van der Waals surface area (Å²) >= 11 is 5.95. The van der Waals surface area contributed by atoms with Crippen molar-refractivity contribution in [2.45, 2.75) is 6.92 Å². The average Bonchev–Trinajstić information content (AvgIpc) is 3.25. The molecule has 0 aliphatic carbocycles. The van der Waals surface area contributed by atoms with Gasteiger partial charge in [-0.15, -0.1) is 0 Å². The lowest BCUT2D eigenvalue weighted by molar-refractivity contribution is 0.0983. The zero-order valence-corrected chi connectivity index (χ0v) is 17.8. The van der Waals surface area contributed by atoms with Crippen LogP contribution in [0.5, 0.6) is 0 Å². The lowest BCUT2D eigenvalue weighted by Gasteiger charge is -2.14. The zero-order chi connectivity index (χ0) is 22.5. The third-order valence-corrected chi connectivity index (χ3v) is 4.86. The van der Waals surface area contributed by atoms with Crippen LogP contribution in [-0.2, 0) is 0 Å². The molecule has 7 heteroatoms. The number of carbonyl (C=O) groups excluding carboxylic acids is 1. The Labute approximate surface area is 190 Å². The Kier molecular flexibility index (Phi) is 6.11. The van der Waals surface area contributed by atoms with E-state index >= 15 is 0 Å². The summed E-state index contributed by atoms with van der Waals surface area (Å²) in [6.07, 6.45) is 1.49. The Bertz CT molecular complexity index is 1310. The van der Waals surface area contributed by atoms with Gasteiger partial charge in [-0.25, -0.2) is 0 Å². The summed E-state index contributed by atoms with van der Waals surface area (Å²) < 4.78 is 5.86. The molecule has 1 amide bonds. The fourth-order valence-corrected chi connectivity index (χ4v) is 3.05. The quantitative estimate of drug-likeness (QED) is 0.287. The first-order chi connectivity index (χ1) is 15.5. The summed E-state index contributed by atoms with van der Waals surface area (Å²) in [6, 6.07) is 25.2. The predicted molar refractivity (Wildman–Crippen MR) is 124 cm³/mol. The maximum atomic E-state index is 13.3. The van der Waals surface area contributed by atoms with Crippen LogP contribution in [0.1, 0.15) is 27.2 Å². The molecule has 4 aromatic rings. The molecule has 0 aliphatic rings. The summed E-state index contributed by atoms with van der Waals surface area (Å²) in [7, 11) is 0. The van der Waals surface area contributed by atoms with E-state index < -0.39 is 5.91 Å². The average molecular weight is 441 g/mol. The summed E-state index contributed by atoms with van der Waals surface area (Å²) in [6.45, 7) is 1.93. The van der Waals surface area contributed by atoms with Crippen LogP contribution in [0.2, 0.25) is 5.02 Å². The largest absolute Gasteiger partial charge is 0.417 e. The molecule has 0 N–H and O–H groups in total. The minimum absolute atomic E-state index is 0.0439. The fraction of sp³-hybridized carbons (Fsp3) is 0.0400. The predicted octanol–water partition coefficient (Wildman–Crippen LogP) is 5.86. The highest BCUT2D eigenvalue weighted by molar-refractivity contribution is 6.30. The SMILES string of the molecule is Cc1ccc(C(=O)N(/N=C/c2ccc(Cl)cc2)c2oc(-c3ccccc3)nc2C#N)cc1. The molecule has 4 rings (SSSR count). The van der Waals surface area contributed by atoms with Gasteiger partial charge in [-0.3, -0.25) is 4.79 Å². The van der Waals surface area contributed by atoms with E-state index in [0.29, 0.717) is 16.1 Å². The highest BCUT2D eigenvalue weighted by Crippen LogP contribution is 2.29. The molecular weight excluding hydrogens is 424 g/mol. The van der Waals surface area contributed by atoms with Gasteiger partial charge in [-0.1, -0.05) is 59.6 Å². The molecule has 1 heterocycles. The third-order valence-electron chi connectivity index (χ3n) is 4.61. The molecule has 156 valence electrons. The molecule has 32 heavy (non-hydrogen) atoms. The van der Waals surface area contributed by atoms with E-state index in [9.17, 15) is 10.1 Å². The normalized spacial score (nSPS) is 10.8. The Morgan fingerprint density at radius 1 is 1.06 bits per heavy atom. The zero-order valence-electron chi connectivity index (χ0n) is 17.1. The number of anilines is 1. The first-order valence-corrected chi connectivity index (χ1v) is 10.1. The van der Waals surface area contributed by atoms with Gasteiger partial charge in [0.2, 0.25) is 11.6 Å². The molecule has 0 bridgehead atoms. The second kappa shape index (κ2) is 9.29. The number of hydrazone groups is 1. The van der Waals surface area contributed by atoms with Crippen LogP contribution in [0.25, 0.3) is 11.5 Å². The van der Waals surface area contributed by atoms with Crippen LogP contribution in [0.15, 0.2) is 88.4 Å². The minimum Gasteiger partial charge on any atom is -0.417 e. The molecule has 0 fully saturated rings. The lowest BCUT2D eigenvalue weighted by atomic mass is 10.1. The van der Waals surface area contributed by atoms with Crippen LogP contribution in [0.4, 0.5) is 5.88 Å². The van der Waals surface area contributed by atoms with Crippen molar-refractivity contribution in [2.75, 3.05) is 5.01 Å². The van der Waals surface area contributed by atoms with E-state index in [1.165, 1.54) is 6.21 Å². The number of carbonyl (C=O) groups is 1. The number of aryl methyl sites for hydroxylation is 1. The van der Waals surface area contributed by atoms with Crippen molar-refractivity contribution in [3.05, 3.63) is 106 Å². The van der Waals surface area contributed by atoms with E-state index in [1.807, 2.05) is 43.3 Å². The molecule has 1 aromatic heterocycles. The molecule has 0 spiro atoms. The fourth-order valence-electron chi connectivity index (χ4n) is 2.92. The number of aromatic nitrogens is 1. The van der Waals surface area contributed by atoms with Crippen molar-refractivity contribution in [2.24, 2.45) is 5.10 Å². The van der Waals surface area contributed by atoms with Gasteiger partial charge in [0.1, 0.15) is 6.07 Å². The molecule has 6 nitrogen and oxygen atoms in total. The number of nitrogens with zero attached hydrogens (tertiary/aromatic N) is 4. The smallest absolute Gasteiger partial charge is 0.281 e. The second-order valence-electron chi connectivity index (χ2n) is 6.93. The monoisotopic (exact) mass is 440 g/mol. The van der Waals surface area contributed by atoms with Gasteiger partial charge in [0.15, 0.2) is 0 Å². The van der Waals surface area contributed by atoms with Gasteiger partial charge >= 0.3 is 0 Å². The van der Waals surface area contributed by atoms with Gasteiger partial charge < -0.3 is 4.42 Å². The van der Waals surface area contributed by atoms with Gasteiger partial charge in [0.05, 0.1) is 6.21 Å². The van der Waals surface area contributed by atoms with Crippen molar-refractivity contribution in [1.82, 2.24) is 4.98 Å². The molecule has 0 saturated heterocycles. The number of nitriles is 1. The molecular formula is C25H17ClN4O2. The summed E-state index contributed by atoms with van der Waals surface area (Å²) in [4.78, 5) is 17.6. The van der Waals surface area contributed by atoms with Gasteiger partial charge in [-0.2, -0.15) is 20.4 Å². The van der Waals surface area contributed by atoms with Crippen molar-refractivity contribution in [1.29, 1.82) is 5.26 Å². The minimum atomic E-state index is -0.456. The molecule has 0 aliphatic heterocycles. The molecule has 0 radical (unpaired) electrons. The Morgan fingerprint density at radius 3 is 2.41 bits per heavy atom. The van der Waals surface area contributed by atoms with Crippen molar-refractivity contribution in [3.8, 4) is 17.5 Å². The topological polar surface area (TPSA) is 82.5 Å². The first-order valence-electron chi connectivity index (χ1n) is 9.72. The van der Waals surface area contributed by atoms with Crippen LogP contribution in [0.3, 0.4) is 0 Å². The van der Waals surface area contributed by atoms with E-state index in [0.717, 1.165) is 16.1 Å². The Morgan fingerprint density at radius 2 is 1.75 bits per heavy atom. The molecule has 0 unspecified atom stereocenters. The number of hydrogen-bond donors (Lipinski definition) is 0. The van der Waals surface area contributed by atoms with Crippen LogP contribution >= 0.6 is 11.6 Å². The number of oxazole rings is 1. The van der Waals surface area contributed by atoms with E-state index in [2.05, 4.69) is 10.1 Å². The van der Waals surface area contributed by atoms with Crippen LogP contribution in [0, 0.1) is 18.3 Å². The maximum Gasteiger partial charge on any atom is 0.281 e. The number of rotatable bonds is 5. The first kappa shape index (κ1) is 21.0. The van der Waals surface area contributed by atoms with Crippen LogP contribution in [-0.4, -0.2) is 17.1 Å². The summed E-state index contributed by atoms with van der Waals surface area (Å²) in [5.74, 6) is -0.287. The molecule has 0 saturated carbocycles. The van der Waals surface area contributed by atoms with Gasteiger partial charge in [0.25, 0.3) is 11.8 Å². The number of hydrogen-bond acceptors (Lipinski definition) is 5. The Balaban J connectivity index is 1.79. The van der Waals surface area contributed by atoms with Crippen molar-refractivity contribution < 1.29 is 9.21 Å². The second-order valence-corrected chi connectivity index (χ2v) is 7.37. The van der Waals surface area contributed by atoms with Crippen molar-refractivity contribution in [3.63, 3.8) is 0 Å². The molecule has 3 aromatic carbocycles. The summed E-state index contributed by atoms with van der Waals surface area (Å²) in [5.41, 5.74) is 2.77. The summed E-state index contributed by atoms with van der Waals surface area (Å²) in [5, 5.41) is 15.6. The number of halogens is 1. The van der Waals surface area contributed by atoms with Crippen LogP contribution < -0.4 is 5.01 Å². The van der Waals surface area contributed by atoms with Gasteiger partial charge in [-0.05, 0) is 48.9 Å². The van der Waals surface area contributed by atoms with E-state index in [4.69, 9.17) is 16.0 Å². The number of amides is 1. The maximum absolute atomic E-state index is 13.3. The lowest BCUT2D eigenvalue weighted by Crippen LogP contribution is -2.26. The highest BCUT2D eigenvalue weighted by Gasteiger charge is 2.26. The Hall–Kier alpha value is -4.21. The highest BCUT2D eigenvalue weighted by atomic mass is 35.5. The van der Waals surface area contributed by atoms with E-state index in [1.54, 1.807) is 48.5 Å². The van der Waals surface area contributed by atoms with Gasteiger partial charge in [0, 0.05) is 16.1 Å². The molecule has 0 atom stereocenters. The standard InChI is InChI=1S/C25H17ClN4O2/c1-17-7-11-20(12-8-17)24(31)30(28-16-18-9-13-21(26)14-10-18)25-22(15-27)29-23(32-25)19-5-3-2-4-6-19/h2-14,16H,1H3/b28-16+.